The molecule has 3 rings (SSSR count). The summed E-state index contributed by atoms with van der Waals surface area (Å²) in [6.45, 7) is 1.94. The number of carbonyl (C=O) groups excluding carboxylic acids is 1. The summed E-state index contributed by atoms with van der Waals surface area (Å²) in [6.07, 6.45) is 1.27. The van der Waals surface area contributed by atoms with Crippen LogP contribution in [0.1, 0.15) is 16.8 Å². The minimum Gasteiger partial charge on any atom is -0.353 e. The molecule has 12 heteroatoms. The molecule has 1 saturated heterocycles. The quantitative estimate of drug-likeness (QED) is 0.379. The first-order valence-electron chi connectivity index (χ1n) is 9.43. The normalized spacial score (nSPS) is 14.2. The van der Waals surface area contributed by atoms with Crippen molar-refractivity contribution in [3.8, 4) is 6.07 Å². The number of anilines is 1. The summed E-state index contributed by atoms with van der Waals surface area (Å²) in [4.78, 5) is 30.7. The smallest absolute Gasteiger partial charge is 0.287 e. The van der Waals surface area contributed by atoms with Gasteiger partial charge in [0, 0.05) is 50.8 Å². The average molecular weight is 444 g/mol. The van der Waals surface area contributed by atoms with Crippen molar-refractivity contribution in [3.63, 3.8) is 0 Å². The number of sulfonamides is 1. The van der Waals surface area contributed by atoms with E-state index in [0.717, 1.165) is 0 Å². The number of carbonyl (C=O) groups is 1. The van der Waals surface area contributed by atoms with Crippen molar-refractivity contribution in [2.75, 3.05) is 37.6 Å². The molecule has 2 aromatic rings. The number of hydrogen-bond acceptors (Lipinski definition) is 8. The molecule has 1 N–H and O–H groups in total. The number of pyridine rings is 1. The Kier molecular flexibility index (Phi) is 6.78. The fraction of sp³-hybridized carbons (Fsp3) is 0.316. The van der Waals surface area contributed by atoms with E-state index in [2.05, 4.69) is 9.71 Å². The second-order valence-electron chi connectivity index (χ2n) is 6.74. The summed E-state index contributed by atoms with van der Waals surface area (Å²) < 4.78 is 26.6. The van der Waals surface area contributed by atoms with Crippen molar-refractivity contribution in [1.29, 1.82) is 5.26 Å². The maximum absolute atomic E-state index is 12.8. The number of nitro groups is 1. The van der Waals surface area contributed by atoms with E-state index in [1.165, 1.54) is 36.5 Å². The molecule has 0 unspecified atom stereocenters. The highest BCUT2D eigenvalue weighted by Gasteiger charge is 2.24. The summed E-state index contributed by atoms with van der Waals surface area (Å²) in [6, 6.07) is 10.5. The van der Waals surface area contributed by atoms with Gasteiger partial charge in [-0.2, -0.15) is 5.26 Å². The number of nitriles is 1. The van der Waals surface area contributed by atoms with Crippen LogP contribution in [-0.4, -0.2) is 61.9 Å². The Hall–Kier alpha value is -3.56. The summed E-state index contributed by atoms with van der Waals surface area (Å²) in [5.74, 6) is 0.397. The van der Waals surface area contributed by atoms with E-state index in [9.17, 15) is 23.3 Å². The molecule has 1 aromatic carbocycles. The van der Waals surface area contributed by atoms with Crippen LogP contribution in [-0.2, 0) is 10.0 Å². The van der Waals surface area contributed by atoms with Crippen LogP contribution in [0.25, 0.3) is 0 Å². The van der Waals surface area contributed by atoms with Gasteiger partial charge in [-0.25, -0.2) is 18.1 Å². The fourth-order valence-corrected chi connectivity index (χ4v) is 4.13. The van der Waals surface area contributed by atoms with Gasteiger partial charge in [0.05, 0.1) is 15.9 Å². The standard InChI is InChI=1S/C19H20N6O5S/c20-8-1-9-22-31(29,30)17-5-2-15(3-6-17)19(26)24-12-10-23(11-13-24)18-7-4-16(14-21-18)25(27)28/h2-7,14,22H,1,9-13H2. The largest absolute Gasteiger partial charge is 0.353 e. The van der Waals surface area contributed by atoms with Gasteiger partial charge in [-0.1, -0.05) is 0 Å². The van der Waals surface area contributed by atoms with E-state index in [1.807, 2.05) is 11.0 Å². The Morgan fingerprint density at radius 3 is 2.39 bits per heavy atom. The number of hydrogen-bond donors (Lipinski definition) is 1. The zero-order chi connectivity index (χ0) is 22.4. The number of amides is 1. The van der Waals surface area contributed by atoms with Crippen molar-refractivity contribution >= 4 is 27.4 Å². The first-order chi connectivity index (χ1) is 14.8. The van der Waals surface area contributed by atoms with E-state index in [1.54, 1.807) is 11.0 Å². The summed E-state index contributed by atoms with van der Waals surface area (Å²) in [5, 5.41) is 19.2. The molecule has 0 spiro atoms. The minimum absolute atomic E-state index is 0.0212. The van der Waals surface area contributed by atoms with E-state index in [0.29, 0.717) is 37.6 Å². The van der Waals surface area contributed by atoms with E-state index in [-0.39, 0.29) is 29.5 Å². The highest BCUT2D eigenvalue weighted by molar-refractivity contribution is 7.89. The molecule has 0 bridgehead atoms. The predicted octanol–water partition coefficient (Wildman–Crippen LogP) is 1.14. The maximum Gasteiger partial charge on any atom is 0.287 e. The van der Waals surface area contributed by atoms with Crippen LogP contribution in [0.3, 0.4) is 0 Å². The third-order valence-corrected chi connectivity index (χ3v) is 6.25. The molecule has 11 nitrogen and oxygen atoms in total. The van der Waals surface area contributed by atoms with Gasteiger partial charge in [-0.15, -0.1) is 0 Å². The van der Waals surface area contributed by atoms with Gasteiger partial charge in [-0.05, 0) is 30.3 Å². The van der Waals surface area contributed by atoms with Crippen LogP contribution in [0.4, 0.5) is 11.5 Å². The first-order valence-corrected chi connectivity index (χ1v) is 10.9. The van der Waals surface area contributed by atoms with Crippen LogP contribution in [0.2, 0.25) is 0 Å². The second kappa shape index (κ2) is 9.50. The molecule has 162 valence electrons. The minimum atomic E-state index is -3.73. The SMILES string of the molecule is N#CCCNS(=O)(=O)c1ccc(C(=O)N2CCN(c3ccc([N+](=O)[O-])cn3)CC2)cc1. The number of benzene rings is 1. The Balaban J connectivity index is 1.59. The van der Waals surface area contributed by atoms with Crippen LogP contribution < -0.4 is 9.62 Å². The molecule has 0 radical (unpaired) electrons. The molecule has 0 aliphatic carbocycles. The third kappa shape index (κ3) is 5.33. The molecule has 0 atom stereocenters. The molecule has 31 heavy (non-hydrogen) atoms. The predicted molar refractivity (Wildman–Crippen MR) is 111 cm³/mol. The topological polar surface area (TPSA) is 150 Å². The second-order valence-corrected chi connectivity index (χ2v) is 8.51. The molecule has 1 aliphatic heterocycles. The van der Waals surface area contributed by atoms with Gasteiger partial charge < -0.3 is 9.80 Å². The van der Waals surface area contributed by atoms with Gasteiger partial charge in [0.15, 0.2) is 0 Å². The van der Waals surface area contributed by atoms with Crippen LogP contribution >= 0.6 is 0 Å². The van der Waals surface area contributed by atoms with E-state index >= 15 is 0 Å². The number of nitrogens with zero attached hydrogens (tertiary/aromatic N) is 5. The molecule has 1 amide bonds. The van der Waals surface area contributed by atoms with Crippen molar-refractivity contribution in [3.05, 3.63) is 58.3 Å². The van der Waals surface area contributed by atoms with Crippen molar-refractivity contribution < 1.29 is 18.1 Å². The molecule has 1 fully saturated rings. The van der Waals surface area contributed by atoms with Crippen molar-refractivity contribution in [2.24, 2.45) is 0 Å². The first kappa shape index (κ1) is 22.1. The monoisotopic (exact) mass is 444 g/mol. The summed E-state index contributed by atoms with van der Waals surface area (Å²) in [5.41, 5.74) is 0.293. The van der Waals surface area contributed by atoms with Gasteiger partial charge in [0.25, 0.3) is 11.6 Å². The Morgan fingerprint density at radius 2 is 1.84 bits per heavy atom. The Labute approximate surface area is 179 Å². The fourth-order valence-electron chi connectivity index (χ4n) is 3.10. The van der Waals surface area contributed by atoms with Crippen molar-refractivity contribution in [1.82, 2.24) is 14.6 Å². The van der Waals surface area contributed by atoms with E-state index in [4.69, 9.17) is 5.26 Å². The molecular formula is C19H20N6O5S. The Morgan fingerprint density at radius 1 is 1.16 bits per heavy atom. The zero-order valence-corrected chi connectivity index (χ0v) is 17.3. The number of nitrogens with one attached hydrogen (secondary N) is 1. The van der Waals surface area contributed by atoms with Crippen molar-refractivity contribution in [2.45, 2.75) is 11.3 Å². The number of rotatable bonds is 7. The van der Waals surface area contributed by atoms with Gasteiger partial charge >= 0.3 is 0 Å². The number of piperazine rings is 1. The molecule has 1 aromatic heterocycles. The lowest BCUT2D eigenvalue weighted by Gasteiger charge is -2.35. The average Bonchev–Trinajstić information content (AvgIpc) is 2.79. The van der Waals surface area contributed by atoms with Gasteiger partial charge in [-0.3, -0.25) is 14.9 Å². The van der Waals surface area contributed by atoms with E-state index < -0.39 is 14.9 Å². The maximum atomic E-state index is 12.8. The molecule has 0 saturated carbocycles. The lowest BCUT2D eigenvalue weighted by atomic mass is 10.2. The molecule has 1 aliphatic rings. The highest BCUT2D eigenvalue weighted by atomic mass is 32.2. The van der Waals surface area contributed by atoms with Gasteiger partial charge in [0.1, 0.15) is 12.0 Å². The summed E-state index contributed by atoms with van der Waals surface area (Å²) in [7, 11) is -3.73. The van der Waals surface area contributed by atoms with Crippen LogP contribution in [0.5, 0.6) is 0 Å². The van der Waals surface area contributed by atoms with Crippen LogP contribution in [0, 0.1) is 21.4 Å². The van der Waals surface area contributed by atoms with Gasteiger partial charge in [0.2, 0.25) is 10.0 Å². The highest BCUT2D eigenvalue weighted by Crippen LogP contribution is 2.19. The Bertz CT molecular complexity index is 1090. The number of aromatic nitrogens is 1. The molecular weight excluding hydrogens is 424 g/mol. The zero-order valence-electron chi connectivity index (χ0n) is 16.5. The summed E-state index contributed by atoms with van der Waals surface area (Å²) >= 11 is 0. The molecule has 2 heterocycles. The lowest BCUT2D eigenvalue weighted by molar-refractivity contribution is -0.385. The third-order valence-electron chi connectivity index (χ3n) is 4.77. The van der Waals surface area contributed by atoms with Crippen LogP contribution in [0.15, 0.2) is 47.5 Å². The lowest BCUT2D eigenvalue weighted by Crippen LogP contribution is -2.49.